The maximum atomic E-state index is 4.65. The Labute approximate surface area is 345 Å². The van der Waals surface area contributed by atoms with E-state index >= 15 is 0 Å². The number of benzene rings is 6. The Kier molecular flexibility index (Phi) is 6.75. The third-order valence-corrected chi connectivity index (χ3v) is 12.5. The standard InChI is InChI=1S/C50H30N6.Pt/c1-3-17-41-37(15-1)38-16-2-4-18-42(38)49(41)33-11-9-13-35(27-33)53-31-55(47-21-7-5-19-45(47)53)50(43-23-25-51-29-39(43)40-30-52-26-24-44(40)50)56-32-54(36-14-10-12-34(49)28-36)46-20-6-8-22-48(46)56;/h1-26,29-32H;/q-4;+4. The minimum Gasteiger partial charge on any atom is -0.494 e. The number of nitrogens with zero attached hydrogens (tertiary/aromatic N) is 6. The minimum absolute atomic E-state index is 0. The predicted octanol–water partition coefficient (Wildman–Crippen LogP) is 10.5. The Morgan fingerprint density at radius 3 is 1.35 bits per heavy atom. The summed E-state index contributed by atoms with van der Waals surface area (Å²) in [7, 11) is 0. The molecule has 0 saturated heterocycles. The van der Waals surface area contributed by atoms with Gasteiger partial charge in [-0.3, -0.25) is 9.97 Å². The summed E-state index contributed by atoms with van der Waals surface area (Å²) in [4.78, 5) is 18.8. The van der Waals surface area contributed by atoms with Gasteiger partial charge in [0.2, 0.25) is 0 Å². The average molecular weight is 910 g/mol. The summed E-state index contributed by atoms with van der Waals surface area (Å²) in [6.07, 6.45) is 7.80. The number of fused-ring (bicyclic) bond motifs is 30. The van der Waals surface area contributed by atoms with Gasteiger partial charge in [-0.1, -0.05) is 72.8 Å². The van der Waals surface area contributed by atoms with Gasteiger partial charge in [-0.05, 0) is 58.7 Å². The average Bonchev–Trinajstić information content (AvgIpc) is 4.01. The second-order valence-corrected chi connectivity index (χ2v) is 14.9. The van der Waals surface area contributed by atoms with Gasteiger partial charge >= 0.3 is 21.1 Å². The van der Waals surface area contributed by atoms with Gasteiger partial charge in [0.15, 0.2) is 0 Å². The molecule has 0 N–H and O–H groups in total. The summed E-state index contributed by atoms with van der Waals surface area (Å²) in [5.74, 6) is 0. The zero-order valence-corrected chi connectivity index (χ0v) is 32.6. The maximum Gasteiger partial charge on any atom is 4.00 e. The molecule has 2 aliphatic carbocycles. The summed E-state index contributed by atoms with van der Waals surface area (Å²) in [6.45, 7) is 4.55. The molecule has 8 aromatic rings. The van der Waals surface area contributed by atoms with Crippen LogP contribution in [0.15, 0.2) is 170 Å². The number of para-hydroxylation sites is 4. The zero-order chi connectivity index (χ0) is 36.6. The fraction of sp³-hybridized carbons (Fsp3) is 0.0400. The second kappa shape index (κ2) is 11.8. The molecule has 0 amide bonds. The molecular weight excluding hydrogens is 880 g/mol. The van der Waals surface area contributed by atoms with E-state index in [9.17, 15) is 0 Å². The van der Waals surface area contributed by atoms with Gasteiger partial charge < -0.3 is 19.6 Å². The van der Waals surface area contributed by atoms with E-state index < -0.39 is 11.1 Å². The number of hydrogen-bond acceptors (Lipinski definition) is 6. The van der Waals surface area contributed by atoms with E-state index in [4.69, 9.17) is 0 Å². The Bertz CT molecular complexity index is 2760. The van der Waals surface area contributed by atoms with Crippen LogP contribution < -0.4 is 19.6 Å². The van der Waals surface area contributed by atoms with Crippen LogP contribution in [0.1, 0.15) is 33.4 Å². The predicted molar refractivity (Wildman–Crippen MR) is 220 cm³/mol. The molecule has 0 atom stereocenters. The first-order valence-electron chi connectivity index (χ1n) is 19.0. The van der Waals surface area contributed by atoms with Crippen LogP contribution in [0, 0.1) is 25.5 Å². The van der Waals surface area contributed by atoms with Crippen LogP contribution in [0.5, 0.6) is 0 Å². The molecule has 7 heteroatoms. The smallest absolute Gasteiger partial charge is 0.494 e. The Balaban J connectivity index is 0.00000356. The topological polar surface area (TPSA) is 38.7 Å². The number of rotatable bonds is 0. The third kappa shape index (κ3) is 3.98. The molecule has 8 bridgehead atoms. The number of pyridine rings is 2. The normalized spacial score (nSPS) is 16.3. The molecule has 0 saturated carbocycles. The first kappa shape index (κ1) is 32.7. The minimum atomic E-state index is -0.865. The molecule has 5 heterocycles. The fourth-order valence-electron chi connectivity index (χ4n) is 10.3. The first-order chi connectivity index (χ1) is 27.8. The van der Waals surface area contributed by atoms with Crippen LogP contribution in [-0.2, 0) is 32.1 Å². The molecule has 6 aromatic carbocycles. The van der Waals surface area contributed by atoms with Crippen LogP contribution in [0.25, 0.3) is 22.3 Å². The van der Waals surface area contributed by atoms with Gasteiger partial charge in [0, 0.05) is 75.2 Å². The van der Waals surface area contributed by atoms with Gasteiger partial charge in [0.1, 0.15) is 5.66 Å². The van der Waals surface area contributed by atoms with Crippen molar-refractivity contribution >= 4 is 34.1 Å². The molecule has 2 aromatic heterocycles. The van der Waals surface area contributed by atoms with E-state index in [2.05, 4.69) is 201 Å². The van der Waals surface area contributed by atoms with Crippen LogP contribution in [0.3, 0.4) is 0 Å². The summed E-state index contributed by atoms with van der Waals surface area (Å²) < 4.78 is 0. The van der Waals surface area contributed by atoms with E-state index in [0.29, 0.717) is 0 Å². The Hall–Kier alpha value is -6.49. The van der Waals surface area contributed by atoms with E-state index in [1.165, 1.54) is 22.3 Å². The van der Waals surface area contributed by atoms with Crippen molar-refractivity contribution in [3.63, 3.8) is 0 Å². The number of aromatic nitrogens is 2. The molecule has 57 heavy (non-hydrogen) atoms. The second-order valence-electron chi connectivity index (χ2n) is 14.9. The molecule has 0 unspecified atom stereocenters. The number of anilines is 6. The zero-order valence-electron chi connectivity index (χ0n) is 30.3. The quantitative estimate of drug-likeness (QED) is 0.141. The van der Waals surface area contributed by atoms with Crippen LogP contribution >= 0.6 is 0 Å². The van der Waals surface area contributed by atoms with Crippen molar-refractivity contribution in [2.45, 2.75) is 11.1 Å². The van der Waals surface area contributed by atoms with Crippen molar-refractivity contribution < 1.29 is 21.1 Å². The molecule has 0 radical (unpaired) electrons. The summed E-state index contributed by atoms with van der Waals surface area (Å²) in [5.41, 5.74) is 16.1. The van der Waals surface area contributed by atoms with Crippen LogP contribution in [0.4, 0.5) is 34.1 Å². The fourth-order valence-corrected chi connectivity index (χ4v) is 10.3. The summed E-state index contributed by atoms with van der Waals surface area (Å²) in [6, 6.07) is 60.9. The first-order valence-corrected chi connectivity index (χ1v) is 19.0. The molecule has 6 nitrogen and oxygen atoms in total. The molecule has 270 valence electrons. The van der Waals surface area contributed by atoms with Crippen molar-refractivity contribution in [1.82, 2.24) is 9.97 Å². The van der Waals surface area contributed by atoms with Gasteiger partial charge in [-0.15, -0.1) is 35.8 Å². The summed E-state index contributed by atoms with van der Waals surface area (Å²) >= 11 is 0. The Morgan fingerprint density at radius 2 is 0.860 bits per heavy atom. The van der Waals surface area contributed by atoms with E-state index in [-0.39, 0.29) is 21.1 Å². The van der Waals surface area contributed by atoms with Crippen LogP contribution in [-0.4, -0.2) is 9.97 Å². The van der Waals surface area contributed by atoms with Crippen molar-refractivity contribution in [2.24, 2.45) is 0 Å². The monoisotopic (exact) mass is 909 g/mol. The number of hydrogen-bond donors (Lipinski definition) is 0. The van der Waals surface area contributed by atoms with Crippen molar-refractivity contribution in [3.8, 4) is 22.3 Å². The third-order valence-electron chi connectivity index (χ3n) is 12.5. The molecular formula is C50H30N6Pt. The molecule has 2 spiro atoms. The van der Waals surface area contributed by atoms with E-state index in [0.717, 1.165) is 67.5 Å². The van der Waals surface area contributed by atoms with E-state index in [1.54, 1.807) is 0 Å². The van der Waals surface area contributed by atoms with Crippen LogP contribution in [0.2, 0.25) is 0 Å². The van der Waals surface area contributed by atoms with E-state index in [1.807, 2.05) is 24.8 Å². The van der Waals surface area contributed by atoms with Gasteiger partial charge in [-0.2, -0.15) is 48.5 Å². The van der Waals surface area contributed by atoms with Crippen molar-refractivity contribution in [2.75, 3.05) is 19.6 Å². The molecule has 13 rings (SSSR count). The molecule has 0 fully saturated rings. The van der Waals surface area contributed by atoms with Crippen molar-refractivity contribution in [1.29, 1.82) is 0 Å². The van der Waals surface area contributed by atoms with Gasteiger partial charge in [0.05, 0.1) is 0 Å². The summed E-state index contributed by atoms with van der Waals surface area (Å²) in [5, 5.41) is 0. The Morgan fingerprint density at radius 1 is 0.421 bits per heavy atom. The molecule has 3 aliphatic heterocycles. The van der Waals surface area contributed by atoms with Crippen molar-refractivity contribution in [3.05, 3.63) is 229 Å². The SMILES string of the molecule is [Pt+4].[c-]1c2cccc1C1(c3[c-]c(ccc3)N3[CH-]N(c4ccccc43)C3(c4ccncc4-c4cnccc43)N3[CH-]N2c2ccccc23)c2ccccc2-c2ccccc21. The maximum absolute atomic E-state index is 4.65. The van der Waals surface area contributed by atoms with Gasteiger partial charge in [0.25, 0.3) is 0 Å². The largest absolute Gasteiger partial charge is 4.00 e. The molecule has 5 aliphatic rings. The van der Waals surface area contributed by atoms with Gasteiger partial charge in [-0.25, -0.2) is 0 Å².